The zero-order valence-electron chi connectivity index (χ0n) is 4.80. The largest absolute Gasteiger partial charge is 0.519 e. The highest BCUT2D eigenvalue weighted by Gasteiger charge is 1.97. The van der Waals surface area contributed by atoms with Gasteiger partial charge in [0.1, 0.15) is 6.33 Å². The van der Waals surface area contributed by atoms with Gasteiger partial charge in [0.15, 0.2) is 12.2 Å². The molecule has 1 aromatic heterocycles. The number of carboxylic acid groups (broad SMARTS) is 1. The van der Waals surface area contributed by atoms with E-state index in [1.165, 1.54) is 16.5 Å². The van der Waals surface area contributed by atoms with E-state index < -0.39 is 6.16 Å². The summed E-state index contributed by atoms with van der Waals surface area (Å²) in [4.78, 5) is 13.5. The molecule has 0 amide bonds. The van der Waals surface area contributed by atoms with E-state index >= 15 is 0 Å². The molecule has 0 fully saturated rings. The number of hydrogen-bond donors (Lipinski definition) is 1. The van der Waals surface area contributed by atoms with Crippen molar-refractivity contribution in [1.82, 2.24) is 8.96 Å². The van der Waals surface area contributed by atoms with Crippen LogP contribution in [-0.4, -0.2) is 20.2 Å². The highest BCUT2D eigenvalue weighted by Crippen LogP contribution is 2.05. The minimum Gasteiger partial charge on any atom is -0.449 e. The second kappa shape index (κ2) is 3.11. The van der Waals surface area contributed by atoms with Crippen molar-refractivity contribution >= 4 is 18.4 Å². The van der Waals surface area contributed by atoms with Crippen LogP contribution in [0.3, 0.4) is 0 Å². The van der Waals surface area contributed by atoms with Crippen LogP contribution >= 0.6 is 12.2 Å². The quantitative estimate of drug-likeness (QED) is 0.653. The SMILES string of the molecule is O=C(O)OSn1ccnc1. The van der Waals surface area contributed by atoms with Crippen LogP contribution in [0.25, 0.3) is 0 Å². The minimum absolute atomic E-state index is 0.690. The number of aromatic nitrogens is 2. The van der Waals surface area contributed by atoms with Gasteiger partial charge in [-0.2, -0.15) is 0 Å². The highest BCUT2D eigenvalue weighted by molar-refractivity contribution is 7.93. The van der Waals surface area contributed by atoms with Crippen molar-refractivity contribution in [2.24, 2.45) is 0 Å². The zero-order chi connectivity index (χ0) is 7.40. The molecule has 0 aliphatic carbocycles. The van der Waals surface area contributed by atoms with E-state index in [0.29, 0.717) is 12.2 Å². The molecule has 0 aliphatic heterocycles. The molecule has 0 atom stereocenters. The Hall–Kier alpha value is -1.17. The first-order valence-corrected chi connectivity index (χ1v) is 3.05. The van der Waals surface area contributed by atoms with Crippen molar-refractivity contribution < 1.29 is 14.1 Å². The predicted molar refractivity (Wildman–Crippen MR) is 34.3 cm³/mol. The average Bonchev–Trinajstić information content (AvgIpc) is 2.34. The molecule has 0 aliphatic rings. The van der Waals surface area contributed by atoms with Gasteiger partial charge in [-0.1, -0.05) is 0 Å². The molecule has 0 radical (unpaired) electrons. The summed E-state index contributed by atoms with van der Waals surface area (Å²) in [6.45, 7) is 0. The Kier molecular flexibility index (Phi) is 2.16. The second-order valence-corrected chi connectivity index (χ2v) is 2.08. The number of hydrogen-bond acceptors (Lipinski definition) is 4. The molecule has 0 aromatic carbocycles. The maximum absolute atomic E-state index is 9.82. The van der Waals surface area contributed by atoms with E-state index in [9.17, 15) is 4.79 Å². The molecule has 10 heavy (non-hydrogen) atoms. The van der Waals surface area contributed by atoms with Crippen LogP contribution in [0.4, 0.5) is 4.79 Å². The Balaban J connectivity index is 2.35. The van der Waals surface area contributed by atoms with Crippen LogP contribution in [0.2, 0.25) is 0 Å². The van der Waals surface area contributed by atoms with Gasteiger partial charge in [-0.15, -0.1) is 0 Å². The molecule has 1 heterocycles. The van der Waals surface area contributed by atoms with E-state index in [0.717, 1.165) is 0 Å². The summed E-state index contributed by atoms with van der Waals surface area (Å²) in [6, 6.07) is 0. The van der Waals surface area contributed by atoms with E-state index in [2.05, 4.69) is 9.17 Å². The first-order chi connectivity index (χ1) is 4.79. The van der Waals surface area contributed by atoms with E-state index in [-0.39, 0.29) is 0 Å². The smallest absolute Gasteiger partial charge is 0.449 e. The fourth-order valence-electron chi connectivity index (χ4n) is 0.366. The summed E-state index contributed by atoms with van der Waals surface area (Å²) in [5.74, 6) is 0. The van der Waals surface area contributed by atoms with Crippen LogP contribution in [0, 0.1) is 0 Å². The van der Waals surface area contributed by atoms with Crippen LogP contribution < -0.4 is 0 Å². The molecule has 1 rings (SSSR count). The number of nitrogens with zero attached hydrogens (tertiary/aromatic N) is 2. The van der Waals surface area contributed by atoms with Gasteiger partial charge in [0.05, 0.1) is 0 Å². The molecule has 5 nitrogen and oxygen atoms in total. The molecule has 54 valence electrons. The van der Waals surface area contributed by atoms with Gasteiger partial charge in [0, 0.05) is 12.4 Å². The van der Waals surface area contributed by atoms with Gasteiger partial charge in [-0.25, -0.2) is 13.8 Å². The lowest BCUT2D eigenvalue weighted by molar-refractivity contribution is 0.152. The van der Waals surface area contributed by atoms with Crippen molar-refractivity contribution in [3.8, 4) is 0 Å². The monoisotopic (exact) mass is 160 g/mol. The second-order valence-electron chi connectivity index (χ2n) is 1.35. The van der Waals surface area contributed by atoms with Crippen LogP contribution in [0.1, 0.15) is 0 Å². The minimum atomic E-state index is -1.32. The van der Waals surface area contributed by atoms with Gasteiger partial charge in [-0.3, -0.25) is 0 Å². The Bertz CT molecular complexity index is 210. The number of imidazole rings is 1. The van der Waals surface area contributed by atoms with Crippen molar-refractivity contribution in [1.29, 1.82) is 0 Å². The maximum Gasteiger partial charge on any atom is 0.519 e. The lowest BCUT2D eigenvalue weighted by atomic mass is 11.0. The summed E-state index contributed by atoms with van der Waals surface area (Å²) in [5.41, 5.74) is 0. The van der Waals surface area contributed by atoms with Gasteiger partial charge in [0.25, 0.3) is 0 Å². The summed E-state index contributed by atoms with van der Waals surface area (Å²) < 4.78 is 5.57. The standard InChI is InChI=1S/C4H4N2O3S/c7-4(8)9-10-6-2-1-5-3-6/h1-3H,(H,7,8). The summed E-state index contributed by atoms with van der Waals surface area (Å²) in [6.07, 6.45) is 3.22. The van der Waals surface area contributed by atoms with Gasteiger partial charge in [-0.05, 0) is 0 Å². The fraction of sp³-hybridized carbons (Fsp3) is 0. The molecule has 0 saturated carbocycles. The van der Waals surface area contributed by atoms with Crippen molar-refractivity contribution in [3.63, 3.8) is 0 Å². The predicted octanol–water partition coefficient (Wildman–Crippen LogP) is 0.989. The number of carbonyl (C=O) groups is 1. The molecule has 1 aromatic rings. The molecule has 1 N–H and O–H groups in total. The highest BCUT2D eigenvalue weighted by atomic mass is 32.2. The van der Waals surface area contributed by atoms with Crippen LogP contribution in [-0.2, 0) is 4.18 Å². The van der Waals surface area contributed by atoms with Crippen molar-refractivity contribution in [3.05, 3.63) is 18.7 Å². The molecule has 0 spiro atoms. The molecule has 0 bridgehead atoms. The number of rotatable bonds is 2. The normalized spacial score (nSPS) is 9.20. The zero-order valence-corrected chi connectivity index (χ0v) is 5.61. The molecular weight excluding hydrogens is 156 g/mol. The molecule has 0 unspecified atom stereocenters. The Labute approximate surface area is 61.0 Å². The van der Waals surface area contributed by atoms with Crippen LogP contribution in [0.15, 0.2) is 18.7 Å². The summed E-state index contributed by atoms with van der Waals surface area (Å²) in [7, 11) is 0. The average molecular weight is 160 g/mol. The third-order valence-electron chi connectivity index (χ3n) is 0.675. The van der Waals surface area contributed by atoms with Gasteiger partial charge in [0.2, 0.25) is 0 Å². The van der Waals surface area contributed by atoms with Gasteiger partial charge < -0.3 is 9.29 Å². The lowest BCUT2D eigenvalue weighted by Crippen LogP contribution is -1.94. The third-order valence-corrected chi connectivity index (χ3v) is 1.28. The molecule has 6 heteroatoms. The Morgan fingerprint density at radius 1 is 1.80 bits per heavy atom. The third kappa shape index (κ3) is 1.98. The molecular formula is C4H4N2O3S. The van der Waals surface area contributed by atoms with Crippen molar-refractivity contribution in [2.75, 3.05) is 0 Å². The molecule has 0 saturated heterocycles. The van der Waals surface area contributed by atoms with E-state index in [1.807, 2.05) is 0 Å². The lowest BCUT2D eigenvalue weighted by Gasteiger charge is -1.94. The van der Waals surface area contributed by atoms with E-state index in [4.69, 9.17) is 5.11 Å². The summed E-state index contributed by atoms with van der Waals surface area (Å²) >= 11 is 0.690. The maximum atomic E-state index is 9.82. The van der Waals surface area contributed by atoms with E-state index in [1.54, 1.807) is 6.20 Å². The Morgan fingerprint density at radius 3 is 3.10 bits per heavy atom. The first-order valence-electron chi connectivity index (χ1n) is 2.35. The topological polar surface area (TPSA) is 64.3 Å². The van der Waals surface area contributed by atoms with Crippen molar-refractivity contribution in [2.45, 2.75) is 0 Å². The van der Waals surface area contributed by atoms with Gasteiger partial charge >= 0.3 is 6.16 Å². The van der Waals surface area contributed by atoms with Crippen LogP contribution in [0.5, 0.6) is 0 Å². The fourth-order valence-corrected chi connectivity index (χ4v) is 0.713. The Morgan fingerprint density at radius 2 is 2.60 bits per heavy atom. The first kappa shape index (κ1) is 6.94. The summed E-state index contributed by atoms with van der Waals surface area (Å²) in [5, 5.41) is 8.04.